The number of hydrogen-bond acceptors (Lipinski definition) is 3. The van der Waals surface area contributed by atoms with Gasteiger partial charge < -0.3 is 10.1 Å². The number of amides is 1. The molecule has 186 valence electrons. The first kappa shape index (κ1) is 25.0. The van der Waals surface area contributed by atoms with Crippen LogP contribution >= 0.6 is 0 Å². The highest BCUT2D eigenvalue weighted by molar-refractivity contribution is 6.04. The van der Waals surface area contributed by atoms with Crippen LogP contribution in [0.15, 0.2) is 54.6 Å². The van der Waals surface area contributed by atoms with Crippen molar-refractivity contribution in [3.63, 3.8) is 0 Å². The third-order valence-electron chi connectivity index (χ3n) is 5.71. The van der Waals surface area contributed by atoms with Gasteiger partial charge in [0.2, 0.25) is 11.6 Å². The number of benzene rings is 3. The first-order chi connectivity index (χ1) is 17.1. The summed E-state index contributed by atoms with van der Waals surface area (Å²) in [6, 6.07) is 14.3. The predicted octanol–water partition coefficient (Wildman–Crippen LogP) is 6.24. The molecule has 1 aromatic heterocycles. The SMILES string of the molecule is Cc1cccc(Cn2nc(C)c(NC(=O)c3ccc(COc4c(F)c(F)cc(F)c4F)cc3)c2C)c1. The predicted molar refractivity (Wildman–Crippen MR) is 127 cm³/mol. The highest BCUT2D eigenvalue weighted by Crippen LogP contribution is 2.27. The monoisotopic (exact) mass is 497 g/mol. The Hall–Kier alpha value is -4.14. The molecule has 0 bridgehead atoms. The van der Waals surface area contributed by atoms with Crippen LogP contribution in [-0.2, 0) is 13.2 Å². The Morgan fingerprint density at radius 3 is 2.22 bits per heavy atom. The molecule has 0 radical (unpaired) electrons. The summed E-state index contributed by atoms with van der Waals surface area (Å²) >= 11 is 0. The van der Waals surface area contributed by atoms with E-state index in [1.807, 2.05) is 43.7 Å². The van der Waals surface area contributed by atoms with Crippen LogP contribution in [0.25, 0.3) is 0 Å². The second kappa shape index (κ2) is 10.2. The number of anilines is 1. The Labute approximate surface area is 205 Å². The lowest BCUT2D eigenvalue weighted by Crippen LogP contribution is -2.13. The van der Waals surface area contributed by atoms with Crippen LogP contribution in [0.3, 0.4) is 0 Å². The molecule has 4 aromatic rings. The van der Waals surface area contributed by atoms with Crippen LogP contribution in [0.2, 0.25) is 0 Å². The van der Waals surface area contributed by atoms with Crippen molar-refractivity contribution in [2.45, 2.75) is 33.9 Å². The Kier molecular flexibility index (Phi) is 7.10. The number of carbonyl (C=O) groups is 1. The summed E-state index contributed by atoms with van der Waals surface area (Å²) in [6.07, 6.45) is 0. The van der Waals surface area contributed by atoms with E-state index in [-0.39, 0.29) is 18.6 Å². The van der Waals surface area contributed by atoms with Crippen molar-refractivity contribution in [2.24, 2.45) is 0 Å². The summed E-state index contributed by atoms with van der Waals surface area (Å²) in [5.74, 6) is -7.83. The fraction of sp³-hybridized carbons (Fsp3) is 0.185. The van der Waals surface area contributed by atoms with Gasteiger partial charge in [-0.1, -0.05) is 42.0 Å². The zero-order valence-corrected chi connectivity index (χ0v) is 19.8. The van der Waals surface area contributed by atoms with E-state index in [1.54, 1.807) is 0 Å². The van der Waals surface area contributed by atoms with Gasteiger partial charge >= 0.3 is 0 Å². The molecule has 0 aliphatic heterocycles. The summed E-state index contributed by atoms with van der Waals surface area (Å²) in [5.41, 5.74) is 5.10. The third kappa shape index (κ3) is 5.25. The molecule has 5 nitrogen and oxygen atoms in total. The molecule has 0 saturated carbocycles. The van der Waals surface area contributed by atoms with Crippen LogP contribution in [0.5, 0.6) is 5.75 Å². The maximum absolute atomic E-state index is 13.8. The van der Waals surface area contributed by atoms with E-state index in [4.69, 9.17) is 4.74 Å². The molecular formula is C27H23F4N3O2. The summed E-state index contributed by atoms with van der Waals surface area (Å²) in [5, 5.41) is 7.43. The van der Waals surface area contributed by atoms with E-state index >= 15 is 0 Å². The number of aromatic nitrogens is 2. The molecule has 9 heteroatoms. The van der Waals surface area contributed by atoms with Crippen LogP contribution in [0.1, 0.15) is 38.4 Å². The smallest absolute Gasteiger partial charge is 0.255 e. The van der Waals surface area contributed by atoms with E-state index in [9.17, 15) is 22.4 Å². The minimum absolute atomic E-state index is 0.112. The summed E-state index contributed by atoms with van der Waals surface area (Å²) in [7, 11) is 0. The zero-order valence-electron chi connectivity index (χ0n) is 19.8. The maximum atomic E-state index is 13.8. The Morgan fingerprint density at radius 2 is 1.58 bits per heavy atom. The minimum atomic E-state index is -1.61. The number of nitrogens with one attached hydrogen (secondary N) is 1. The third-order valence-corrected chi connectivity index (χ3v) is 5.71. The van der Waals surface area contributed by atoms with E-state index in [2.05, 4.69) is 16.5 Å². The number of halogens is 4. The number of carbonyl (C=O) groups excluding carboxylic acids is 1. The molecule has 0 saturated heterocycles. The highest BCUT2D eigenvalue weighted by Gasteiger charge is 2.21. The first-order valence-electron chi connectivity index (χ1n) is 11.1. The molecule has 0 aliphatic rings. The summed E-state index contributed by atoms with van der Waals surface area (Å²) in [4.78, 5) is 12.8. The fourth-order valence-electron chi connectivity index (χ4n) is 3.79. The minimum Gasteiger partial charge on any atom is -0.483 e. The maximum Gasteiger partial charge on any atom is 0.255 e. The molecule has 1 N–H and O–H groups in total. The Balaban J connectivity index is 1.43. The second-order valence-electron chi connectivity index (χ2n) is 8.43. The van der Waals surface area contributed by atoms with Crippen molar-refractivity contribution in [1.29, 1.82) is 0 Å². The van der Waals surface area contributed by atoms with E-state index < -0.39 is 29.0 Å². The average molecular weight is 497 g/mol. The fourth-order valence-corrected chi connectivity index (χ4v) is 3.79. The lowest BCUT2D eigenvalue weighted by Gasteiger charge is -2.10. The molecule has 4 rings (SSSR count). The van der Waals surface area contributed by atoms with Gasteiger partial charge in [-0.2, -0.15) is 13.9 Å². The molecule has 0 aliphatic carbocycles. The van der Waals surface area contributed by atoms with Crippen molar-refractivity contribution < 1.29 is 27.1 Å². The van der Waals surface area contributed by atoms with Crippen molar-refractivity contribution >= 4 is 11.6 Å². The van der Waals surface area contributed by atoms with E-state index in [1.165, 1.54) is 24.3 Å². The highest BCUT2D eigenvalue weighted by atomic mass is 19.2. The Morgan fingerprint density at radius 1 is 0.917 bits per heavy atom. The van der Waals surface area contributed by atoms with Gasteiger partial charge in [-0.05, 0) is 44.0 Å². The van der Waals surface area contributed by atoms with Gasteiger partial charge in [-0.3, -0.25) is 9.48 Å². The molecule has 0 atom stereocenters. The Bertz CT molecular complexity index is 1410. The molecule has 1 amide bonds. The average Bonchev–Trinajstić information content (AvgIpc) is 3.10. The molecule has 0 fully saturated rings. The number of aryl methyl sites for hydroxylation is 2. The van der Waals surface area contributed by atoms with Gasteiger partial charge in [-0.15, -0.1) is 0 Å². The number of hydrogen-bond donors (Lipinski definition) is 1. The molecular weight excluding hydrogens is 474 g/mol. The molecule has 36 heavy (non-hydrogen) atoms. The van der Waals surface area contributed by atoms with Crippen molar-refractivity contribution in [2.75, 3.05) is 5.32 Å². The van der Waals surface area contributed by atoms with Gasteiger partial charge in [0.15, 0.2) is 17.4 Å². The van der Waals surface area contributed by atoms with Crippen molar-refractivity contribution in [1.82, 2.24) is 9.78 Å². The van der Waals surface area contributed by atoms with Crippen LogP contribution in [0.4, 0.5) is 23.2 Å². The lowest BCUT2D eigenvalue weighted by molar-refractivity contribution is 0.102. The van der Waals surface area contributed by atoms with Gasteiger partial charge in [0.25, 0.3) is 5.91 Å². The zero-order chi connectivity index (χ0) is 26.0. The standard InChI is InChI=1S/C27H23F4N3O2/c1-15-5-4-6-19(11-15)13-34-17(3)25(16(2)33-34)32-27(35)20-9-7-18(8-10-20)14-36-26-23(30)21(28)12-22(29)24(26)31/h4-12H,13-14H2,1-3H3,(H,32,35). The van der Waals surface area contributed by atoms with Crippen molar-refractivity contribution in [3.8, 4) is 5.75 Å². The normalized spacial score (nSPS) is 11.0. The summed E-state index contributed by atoms with van der Waals surface area (Å²) in [6.45, 7) is 5.91. The molecule has 3 aromatic carbocycles. The lowest BCUT2D eigenvalue weighted by atomic mass is 10.1. The molecule has 1 heterocycles. The van der Waals surface area contributed by atoms with Gasteiger partial charge in [0.05, 0.1) is 23.6 Å². The number of nitrogens with zero attached hydrogens (tertiary/aromatic N) is 2. The molecule has 0 unspecified atom stereocenters. The largest absolute Gasteiger partial charge is 0.483 e. The van der Waals surface area contributed by atoms with Gasteiger partial charge in [0, 0.05) is 11.6 Å². The number of ether oxygens (including phenoxy) is 1. The van der Waals surface area contributed by atoms with Crippen molar-refractivity contribution in [3.05, 3.63) is 112 Å². The van der Waals surface area contributed by atoms with E-state index in [0.29, 0.717) is 29.1 Å². The van der Waals surface area contributed by atoms with Crippen LogP contribution in [-0.4, -0.2) is 15.7 Å². The molecule has 0 spiro atoms. The van der Waals surface area contributed by atoms with Gasteiger partial charge in [0.1, 0.15) is 6.61 Å². The summed E-state index contributed by atoms with van der Waals surface area (Å²) < 4.78 is 61.0. The van der Waals surface area contributed by atoms with Gasteiger partial charge in [-0.25, -0.2) is 8.78 Å². The van der Waals surface area contributed by atoms with Crippen LogP contribution < -0.4 is 10.1 Å². The number of rotatable bonds is 7. The second-order valence-corrected chi connectivity index (χ2v) is 8.43. The topological polar surface area (TPSA) is 56.2 Å². The first-order valence-corrected chi connectivity index (χ1v) is 11.1. The van der Waals surface area contributed by atoms with Crippen LogP contribution in [0, 0.1) is 44.0 Å². The quantitative estimate of drug-likeness (QED) is 0.243. The van der Waals surface area contributed by atoms with E-state index in [0.717, 1.165) is 16.8 Å².